The first-order chi connectivity index (χ1) is 12.3. The minimum absolute atomic E-state index is 0.0803. The van der Waals surface area contributed by atoms with Crippen LogP contribution in [0.4, 0.5) is 0 Å². The fourth-order valence-electron chi connectivity index (χ4n) is 3.21. The van der Waals surface area contributed by atoms with Crippen LogP contribution in [-0.2, 0) is 23.2 Å². The average molecular weight is 362 g/mol. The normalized spacial score (nSPS) is 15.8. The highest BCUT2D eigenvalue weighted by molar-refractivity contribution is 5.97. The smallest absolute Gasteiger partial charge is 0.229 e. The average Bonchev–Trinajstić information content (AvgIpc) is 2.94. The van der Waals surface area contributed by atoms with Gasteiger partial charge in [0.15, 0.2) is 5.96 Å². The highest BCUT2D eigenvalue weighted by atomic mass is 16.2. The molecule has 2 rings (SSSR count). The van der Waals surface area contributed by atoms with E-state index in [-0.39, 0.29) is 11.8 Å². The monoisotopic (exact) mass is 362 g/mol. The third-order valence-corrected chi connectivity index (χ3v) is 4.47. The zero-order valence-electron chi connectivity index (χ0n) is 16.4. The van der Waals surface area contributed by atoms with E-state index in [0.29, 0.717) is 44.8 Å². The Labute approximate surface area is 155 Å². The number of aliphatic imine (C=N–C) groups is 1. The molecule has 144 valence electrons. The first-order valence-electron chi connectivity index (χ1n) is 9.10. The minimum atomic E-state index is -0.0803. The number of aryl methyl sites for hydroxylation is 1. The first-order valence-corrected chi connectivity index (χ1v) is 9.10. The largest absolute Gasteiger partial charge is 0.354 e. The zero-order valence-corrected chi connectivity index (χ0v) is 16.4. The molecule has 1 aliphatic heterocycles. The molecule has 26 heavy (non-hydrogen) atoms. The quantitative estimate of drug-likeness (QED) is 0.465. The van der Waals surface area contributed by atoms with Gasteiger partial charge >= 0.3 is 0 Å². The van der Waals surface area contributed by atoms with Crippen molar-refractivity contribution in [1.82, 2.24) is 24.9 Å². The minimum Gasteiger partial charge on any atom is -0.354 e. The Morgan fingerprint density at radius 3 is 2.58 bits per heavy atom. The van der Waals surface area contributed by atoms with Gasteiger partial charge in [0.05, 0.1) is 5.69 Å². The SMILES string of the molecule is CN=C(NCCN1C(=O)CCCC1=O)N(C)Cc1cn(C)nc1C(C)C. The second-order valence-corrected chi connectivity index (χ2v) is 6.99. The molecular weight excluding hydrogens is 332 g/mol. The fourth-order valence-corrected chi connectivity index (χ4v) is 3.21. The van der Waals surface area contributed by atoms with Gasteiger partial charge in [0.1, 0.15) is 0 Å². The Hall–Kier alpha value is -2.38. The van der Waals surface area contributed by atoms with Gasteiger partial charge in [0.2, 0.25) is 11.8 Å². The molecule has 0 aromatic carbocycles. The van der Waals surface area contributed by atoms with E-state index >= 15 is 0 Å². The van der Waals surface area contributed by atoms with Crippen LogP contribution in [0.3, 0.4) is 0 Å². The molecule has 0 atom stereocenters. The van der Waals surface area contributed by atoms with Gasteiger partial charge in [-0.3, -0.25) is 24.2 Å². The van der Waals surface area contributed by atoms with Gasteiger partial charge in [-0.1, -0.05) is 13.8 Å². The lowest BCUT2D eigenvalue weighted by molar-refractivity contribution is -0.147. The second-order valence-electron chi connectivity index (χ2n) is 6.99. The van der Waals surface area contributed by atoms with Crippen LogP contribution < -0.4 is 5.32 Å². The van der Waals surface area contributed by atoms with Crippen molar-refractivity contribution in [3.63, 3.8) is 0 Å². The summed E-state index contributed by atoms with van der Waals surface area (Å²) < 4.78 is 1.84. The van der Waals surface area contributed by atoms with E-state index in [2.05, 4.69) is 29.3 Å². The molecule has 8 nitrogen and oxygen atoms in total. The number of carbonyl (C=O) groups is 2. The number of nitrogens with zero attached hydrogens (tertiary/aromatic N) is 5. The fraction of sp³-hybridized carbons (Fsp3) is 0.667. The van der Waals surface area contributed by atoms with Crippen molar-refractivity contribution in [2.45, 2.75) is 45.6 Å². The molecule has 1 aromatic heterocycles. The summed E-state index contributed by atoms with van der Waals surface area (Å²) in [6.07, 6.45) is 3.61. The van der Waals surface area contributed by atoms with E-state index in [4.69, 9.17) is 0 Å². The molecular formula is C18H30N6O2. The van der Waals surface area contributed by atoms with E-state index in [1.165, 1.54) is 4.90 Å². The standard InChI is InChI=1S/C18H30N6O2/c1-13(2)17-14(12-23(5)21-17)11-22(4)18(19-3)20-9-10-24-15(25)7-6-8-16(24)26/h12-13H,6-11H2,1-5H3,(H,19,20). The van der Waals surface area contributed by atoms with Crippen LogP contribution >= 0.6 is 0 Å². The Morgan fingerprint density at radius 2 is 2.00 bits per heavy atom. The molecule has 0 unspecified atom stereocenters. The third kappa shape index (κ3) is 4.83. The Morgan fingerprint density at radius 1 is 1.35 bits per heavy atom. The summed E-state index contributed by atoms with van der Waals surface area (Å²) in [4.78, 5) is 31.4. The van der Waals surface area contributed by atoms with Crippen molar-refractivity contribution in [2.24, 2.45) is 12.0 Å². The Bertz CT molecular complexity index is 663. The molecule has 1 aromatic rings. The number of carbonyl (C=O) groups excluding carboxylic acids is 2. The summed E-state index contributed by atoms with van der Waals surface area (Å²) in [6.45, 7) is 5.80. The molecule has 0 bridgehead atoms. The van der Waals surface area contributed by atoms with E-state index in [9.17, 15) is 9.59 Å². The van der Waals surface area contributed by atoms with Crippen molar-refractivity contribution >= 4 is 17.8 Å². The molecule has 0 aliphatic carbocycles. The van der Waals surface area contributed by atoms with Gasteiger partial charge in [-0.25, -0.2) is 0 Å². The first kappa shape index (κ1) is 19.9. The number of likely N-dealkylation sites (tertiary alicyclic amines) is 1. The number of guanidine groups is 1. The summed E-state index contributed by atoms with van der Waals surface area (Å²) in [6, 6.07) is 0. The maximum absolute atomic E-state index is 11.9. The highest BCUT2D eigenvalue weighted by Crippen LogP contribution is 2.18. The molecule has 1 N–H and O–H groups in total. The summed E-state index contributed by atoms with van der Waals surface area (Å²) in [5.74, 6) is 0.915. The summed E-state index contributed by atoms with van der Waals surface area (Å²) in [7, 11) is 5.61. The van der Waals surface area contributed by atoms with Crippen molar-refractivity contribution in [1.29, 1.82) is 0 Å². The molecule has 0 radical (unpaired) electrons. The summed E-state index contributed by atoms with van der Waals surface area (Å²) >= 11 is 0. The number of nitrogens with one attached hydrogen (secondary N) is 1. The second kappa shape index (κ2) is 8.82. The number of amides is 2. The number of imide groups is 1. The number of rotatable bonds is 6. The van der Waals surface area contributed by atoms with Crippen molar-refractivity contribution < 1.29 is 9.59 Å². The summed E-state index contributed by atoms with van der Waals surface area (Å²) in [5, 5.41) is 7.77. The molecule has 1 saturated heterocycles. The van der Waals surface area contributed by atoms with Crippen molar-refractivity contribution in [2.75, 3.05) is 27.2 Å². The molecule has 0 spiro atoms. The van der Waals surface area contributed by atoms with Gasteiger partial charge in [-0.15, -0.1) is 0 Å². The molecule has 2 amide bonds. The molecule has 1 aliphatic rings. The maximum Gasteiger partial charge on any atom is 0.229 e. The van der Waals surface area contributed by atoms with Crippen LogP contribution in [0.15, 0.2) is 11.2 Å². The molecule has 8 heteroatoms. The molecule has 1 fully saturated rings. The zero-order chi connectivity index (χ0) is 19.3. The van der Waals surface area contributed by atoms with E-state index < -0.39 is 0 Å². The highest BCUT2D eigenvalue weighted by Gasteiger charge is 2.25. The van der Waals surface area contributed by atoms with Crippen LogP contribution in [0.2, 0.25) is 0 Å². The van der Waals surface area contributed by atoms with E-state index in [0.717, 1.165) is 17.2 Å². The number of piperidine rings is 1. The van der Waals surface area contributed by atoms with Gasteiger partial charge in [0, 0.05) is 65.4 Å². The number of hydrogen-bond donors (Lipinski definition) is 1. The lowest BCUT2D eigenvalue weighted by atomic mass is 10.1. The molecule has 2 heterocycles. The van der Waals surface area contributed by atoms with Gasteiger partial charge in [-0.05, 0) is 12.3 Å². The number of hydrogen-bond acceptors (Lipinski definition) is 4. The molecule has 0 saturated carbocycles. The van der Waals surface area contributed by atoms with E-state index in [1.54, 1.807) is 7.05 Å². The number of aromatic nitrogens is 2. The predicted octanol–water partition coefficient (Wildman–Crippen LogP) is 1.09. The van der Waals surface area contributed by atoms with Gasteiger partial charge in [0.25, 0.3) is 0 Å². The lowest BCUT2D eigenvalue weighted by Gasteiger charge is -2.26. The van der Waals surface area contributed by atoms with Gasteiger partial charge < -0.3 is 10.2 Å². The van der Waals surface area contributed by atoms with Crippen LogP contribution in [-0.4, -0.2) is 64.5 Å². The Balaban J connectivity index is 1.92. The maximum atomic E-state index is 11.9. The van der Waals surface area contributed by atoms with Crippen LogP contribution in [0, 0.1) is 0 Å². The topological polar surface area (TPSA) is 82.8 Å². The van der Waals surface area contributed by atoms with Crippen molar-refractivity contribution in [3.05, 3.63) is 17.5 Å². The summed E-state index contributed by atoms with van der Waals surface area (Å²) in [5.41, 5.74) is 2.24. The van der Waals surface area contributed by atoms with E-state index in [1.807, 2.05) is 29.9 Å². The van der Waals surface area contributed by atoms with Crippen LogP contribution in [0.1, 0.15) is 50.3 Å². The third-order valence-electron chi connectivity index (χ3n) is 4.47. The van der Waals surface area contributed by atoms with Crippen LogP contribution in [0.5, 0.6) is 0 Å². The van der Waals surface area contributed by atoms with Crippen molar-refractivity contribution in [3.8, 4) is 0 Å². The van der Waals surface area contributed by atoms with Crippen LogP contribution in [0.25, 0.3) is 0 Å². The van der Waals surface area contributed by atoms with Gasteiger partial charge in [-0.2, -0.15) is 5.10 Å². The Kier molecular flexibility index (Phi) is 6.76. The predicted molar refractivity (Wildman–Crippen MR) is 101 cm³/mol. The lowest BCUT2D eigenvalue weighted by Crippen LogP contribution is -2.46.